The monoisotopic (exact) mass is 682 g/mol. The van der Waals surface area contributed by atoms with E-state index in [1.807, 2.05) is 6.20 Å². The second-order valence-electron chi connectivity index (χ2n) is 17.1. The number of benzene rings is 4. The first-order valence-electron chi connectivity index (χ1n) is 19.1. The van der Waals surface area contributed by atoms with Gasteiger partial charge in [-0.2, -0.15) is 0 Å². The van der Waals surface area contributed by atoms with Crippen molar-refractivity contribution in [1.29, 1.82) is 0 Å². The van der Waals surface area contributed by atoms with Gasteiger partial charge in [0.2, 0.25) is 0 Å². The molecule has 8 rings (SSSR count). The van der Waals surface area contributed by atoms with Crippen LogP contribution in [0.3, 0.4) is 0 Å². The molecule has 1 saturated carbocycles. The summed E-state index contributed by atoms with van der Waals surface area (Å²) in [6.07, 6.45) is 8.18. The van der Waals surface area contributed by atoms with Crippen LogP contribution in [0.2, 0.25) is 0 Å². The first-order chi connectivity index (χ1) is 24.9. The van der Waals surface area contributed by atoms with Gasteiger partial charge < -0.3 is 0 Å². The smallest absolute Gasteiger partial charge is 0.165 e. The highest BCUT2D eigenvalue weighted by Crippen LogP contribution is 2.60. The minimum atomic E-state index is 0.0639. The minimum absolute atomic E-state index is 0.0639. The van der Waals surface area contributed by atoms with Crippen molar-refractivity contribution < 1.29 is 0 Å². The van der Waals surface area contributed by atoms with Crippen LogP contribution in [0.5, 0.6) is 0 Å². The average molecular weight is 683 g/mol. The molecule has 4 nitrogen and oxygen atoms in total. The molecule has 0 radical (unpaired) electrons. The zero-order valence-electron chi connectivity index (χ0n) is 31.8. The molecule has 0 spiro atoms. The summed E-state index contributed by atoms with van der Waals surface area (Å²) >= 11 is 0. The zero-order valence-corrected chi connectivity index (χ0v) is 31.8. The Labute approximate surface area is 309 Å². The van der Waals surface area contributed by atoms with E-state index in [9.17, 15) is 0 Å². The van der Waals surface area contributed by atoms with Crippen LogP contribution >= 0.6 is 0 Å². The average Bonchev–Trinajstić information content (AvgIpc) is 3.59. The fourth-order valence-electron chi connectivity index (χ4n) is 8.83. The lowest BCUT2D eigenvalue weighted by molar-refractivity contribution is 0.353. The summed E-state index contributed by atoms with van der Waals surface area (Å²) in [6, 6.07) is 37.7. The molecule has 2 aliphatic carbocycles. The predicted molar refractivity (Wildman–Crippen MR) is 215 cm³/mol. The first-order valence-corrected chi connectivity index (χ1v) is 19.1. The summed E-state index contributed by atoms with van der Waals surface area (Å²) in [6.45, 7) is 15.7. The van der Waals surface area contributed by atoms with Crippen molar-refractivity contribution in [2.24, 2.45) is 0 Å². The number of pyridine rings is 1. The van der Waals surface area contributed by atoms with Gasteiger partial charge in [0.25, 0.3) is 0 Å². The van der Waals surface area contributed by atoms with E-state index in [4.69, 9.17) is 19.9 Å². The second kappa shape index (κ2) is 12.9. The van der Waals surface area contributed by atoms with Crippen molar-refractivity contribution in [3.8, 4) is 56.5 Å². The van der Waals surface area contributed by atoms with Gasteiger partial charge in [0.05, 0.1) is 5.69 Å². The molecule has 0 unspecified atom stereocenters. The Bertz CT molecular complexity index is 2160. The molecule has 2 aliphatic rings. The van der Waals surface area contributed by atoms with Gasteiger partial charge in [0.15, 0.2) is 17.5 Å². The SMILES string of the molecule is CCC[C@]12CCC[C@H]1c1cc(-c3ccc(-c4nc(-c5ccc(C(C)(C)C)cc5)nc(-c5ccc(C(C)(C)C)cc5)n4)cn3)ccc1-c1ccccc12. The molecule has 0 aliphatic heterocycles. The lowest BCUT2D eigenvalue weighted by Crippen LogP contribution is -2.33. The predicted octanol–water partition coefficient (Wildman–Crippen LogP) is 12.5. The molecule has 0 saturated heterocycles. The van der Waals surface area contributed by atoms with Gasteiger partial charge in [-0.25, -0.2) is 15.0 Å². The summed E-state index contributed by atoms with van der Waals surface area (Å²) in [5.74, 6) is 2.49. The third kappa shape index (κ3) is 6.06. The number of rotatable bonds is 6. The van der Waals surface area contributed by atoms with Gasteiger partial charge in [0, 0.05) is 33.9 Å². The molecule has 4 heteroatoms. The van der Waals surface area contributed by atoms with E-state index in [1.165, 1.54) is 59.9 Å². The van der Waals surface area contributed by atoms with Crippen LogP contribution in [0, 0.1) is 0 Å². The Morgan fingerprint density at radius 3 is 1.73 bits per heavy atom. The standard InChI is InChI=1S/C48H50N4/c1-8-27-48-28-11-14-41(48)39-29-33(19-25-37(39)38-12-9-10-13-40(38)48)42-26-20-34(30-49-42)45-51-43(31-15-21-35(22-16-31)46(2,3)4)50-44(52-45)32-17-23-36(24-18-32)47(5,6)7/h9-10,12-13,15-26,29-30,41H,8,11,14,27-28H2,1-7H3/t41-,48+/m0/s1. The molecule has 6 aromatic rings. The number of aromatic nitrogens is 4. The molecule has 2 atom stereocenters. The molecule has 2 heterocycles. The number of nitrogens with zero attached hydrogens (tertiary/aromatic N) is 4. The topological polar surface area (TPSA) is 51.6 Å². The van der Waals surface area contributed by atoms with Crippen molar-refractivity contribution in [3.63, 3.8) is 0 Å². The fourth-order valence-corrected chi connectivity index (χ4v) is 8.83. The van der Waals surface area contributed by atoms with Crippen molar-refractivity contribution in [2.75, 3.05) is 0 Å². The van der Waals surface area contributed by atoms with E-state index < -0.39 is 0 Å². The Kier molecular flexibility index (Phi) is 8.48. The van der Waals surface area contributed by atoms with Gasteiger partial charge in [-0.15, -0.1) is 0 Å². The molecule has 262 valence electrons. The number of hydrogen-bond acceptors (Lipinski definition) is 4. The lowest BCUT2D eigenvalue weighted by Gasteiger charge is -2.43. The fraction of sp³-hybridized carbons (Fsp3) is 0.333. The van der Waals surface area contributed by atoms with E-state index in [0.717, 1.165) is 27.9 Å². The number of hydrogen-bond donors (Lipinski definition) is 0. The van der Waals surface area contributed by atoms with Crippen LogP contribution < -0.4 is 0 Å². The Hall–Kier alpha value is -4.96. The van der Waals surface area contributed by atoms with Crippen molar-refractivity contribution >= 4 is 0 Å². The van der Waals surface area contributed by atoms with Crippen LogP contribution in [-0.4, -0.2) is 19.9 Å². The van der Waals surface area contributed by atoms with E-state index in [-0.39, 0.29) is 16.2 Å². The Morgan fingerprint density at radius 1 is 0.615 bits per heavy atom. The molecule has 1 fully saturated rings. The summed E-state index contributed by atoms with van der Waals surface area (Å²) < 4.78 is 0. The second-order valence-corrected chi connectivity index (χ2v) is 17.1. The maximum absolute atomic E-state index is 5.04. The molecule has 4 aromatic carbocycles. The lowest BCUT2D eigenvalue weighted by atomic mass is 9.61. The maximum atomic E-state index is 5.04. The zero-order chi connectivity index (χ0) is 36.3. The molecular weight excluding hydrogens is 633 g/mol. The van der Waals surface area contributed by atoms with Crippen LogP contribution in [0.15, 0.2) is 109 Å². The highest BCUT2D eigenvalue weighted by atomic mass is 15.0. The van der Waals surface area contributed by atoms with Crippen LogP contribution in [0.25, 0.3) is 56.5 Å². The summed E-state index contributed by atoms with van der Waals surface area (Å²) in [5.41, 5.74) is 13.7. The van der Waals surface area contributed by atoms with E-state index in [0.29, 0.717) is 23.4 Å². The Balaban J connectivity index is 1.17. The van der Waals surface area contributed by atoms with Crippen molar-refractivity contribution in [2.45, 2.75) is 103 Å². The van der Waals surface area contributed by atoms with Crippen molar-refractivity contribution in [1.82, 2.24) is 19.9 Å². The normalized spacial score (nSPS) is 18.1. The molecule has 52 heavy (non-hydrogen) atoms. The largest absolute Gasteiger partial charge is 0.255 e. The molecule has 2 aromatic heterocycles. The van der Waals surface area contributed by atoms with E-state index in [2.05, 4.69) is 152 Å². The van der Waals surface area contributed by atoms with Gasteiger partial charge in [0.1, 0.15) is 0 Å². The first kappa shape index (κ1) is 34.1. The third-order valence-corrected chi connectivity index (χ3v) is 11.6. The molecular formula is C48H50N4. The maximum Gasteiger partial charge on any atom is 0.165 e. The van der Waals surface area contributed by atoms with Gasteiger partial charge in [-0.05, 0) is 87.6 Å². The molecule has 0 N–H and O–H groups in total. The summed E-state index contributed by atoms with van der Waals surface area (Å²) in [4.78, 5) is 20.1. The van der Waals surface area contributed by atoms with Crippen LogP contribution in [-0.2, 0) is 16.2 Å². The minimum Gasteiger partial charge on any atom is -0.255 e. The van der Waals surface area contributed by atoms with E-state index >= 15 is 0 Å². The quantitative estimate of drug-likeness (QED) is 0.175. The van der Waals surface area contributed by atoms with E-state index in [1.54, 1.807) is 5.56 Å². The highest BCUT2D eigenvalue weighted by Gasteiger charge is 2.48. The molecule has 0 amide bonds. The summed E-state index contributed by atoms with van der Waals surface area (Å²) in [5, 5.41) is 0. The highest BCUT2D eigenvalue weighted by molar-refractivity contribution is 5.80. The van der Waals surface area contributed by atoms with Crippen molar-refractivity contribution in [3.05, 3.63) is 132 Å². The Morgan fingerprint density at radius 2 is 1.17 bits per heavy atom. The molecule has 0 bridgehead atoms. The van der Waals surface area contributed by atoms with Crippen LogP contribution in [0.1, 0.15) is 109 Å². The summed E-state index contributed by atoms with van der Waals surface area (Å²) in [7, 11) is 0. The van der Waals surface area contributed by atoms with Gasteiger partial charge in [-0.1, -0.05) is 146 Å². The van der Waals surface area contributed by atoms with Gasteiger partial charge in [-0.3, -0.25) is 4.98 Å². The number of fused-ring (bicyclic) bond motifs is 6. The van der Waals surface area contributed by atoms with Gasteiger partial charge >= 0.3 is 0 Å². The van der Waals surface area contributed by atoms with Crippen LogP contribution in [0.4, 0.5) is 0 Å². The third-order valence-electron chi connectivity index (χ3n) is 11.6.